The largest absolute Gasteiger partial charge is 0.489 e. The fraction of sp³-hybridized carbons (Fsp3) is 0.281. The molecule has 2 saturated carbocycles. The van der Waals surface area contributed by atoms with Crippen LogP contribution in [0.2, 0.25) is 15.1 Å². The van der Waals surface area contributed by atoms with Crippen molar-refractivity contribution in [1.29, 1.82) is 0 Å². The Kier molecular flexibility index (Phi) is 7.67. The van der Waals surface area contributed by atoms with Crippen molar-refractivity contribution in [3.8, 4) is 5.75 Å². The van der Waals surface area contributed by atoms with E-state index in [0.29, 0.717) is 55.7 Å². The quantitative estimate of drug-likeness (QED) is 0.173. The van der Waals surface area contributed by atoms with E-state index in [1.807, 2.05) is 12.1 Å². The number of aromatic carboxylic acids is 1. The second kappa shape index (κ2) is 11.2. The smallest absolute Gasteiger partial charge is 0.357 e. The number of nitrogens with two attached hydrogens (primary N) is 1. The second-order valence-electron chi connectivity index (χ2n) is 11.2. The Labute approximate surface area is 262 Å². The molecule has 2 aliphatic carbocycles. The van der Waals surface area contributed by atoms with Gasteiger partial charge in [0, 0.05) is 29.5 Å². The van der Waals surface area contributed by atoms with E-state index in [-0.39, 0.29) is 35.6 Å². The molecule has 0 bridgehead atoms. The van der Waals surface area contributed by atoms with Crippen molar-refractivity contribution in [3.63, 3.8) is 0 Å². The number of nitrogens with zero attached hydrogens (tertiary/aromatic N) is 2. The van der Waals surface area contributed by atoms with E-state index in [0.717, 1.165) is 23.9 Å². The van der Waals surface area contributed by atoms with Crippen LogP contribution >= 0.6 is 34.8 Å². The number of Topliss-reactive ketones (excluding diaryl/α,β-unsaturated/α-hetero) is 1. The maximum atomic E-state index is 13.1. The molecule has 6 rings (SSSR count). The molecular weight excluding hydrogens is 613 g/mol. The summed E-state index contributed by atoms with van der Waals surface area (Å²) in [4.78, 5) is 24.6. The summed E-state index contributed by atoms with van der Waals surface area (Å²) >= 11 is 19.4. The molecule has 11 heteroatoms. The topological polar surface area (TPSA) is 128 Å². The number of carboxylic acids is 1. The minimum atomic E-state index is -1.13. The molecule has 0 unspecified atom stereocenters. The summed E-state index contributed by atoms with van der Waals surface area (Å²) in [5.74, 6) is -0.778. The Balaban J connectivity index is 1.18. The van der Waals surface area contributed by atoms with E-state index in [4.69, 9.17) is 45.3 Å². The molecule has 1 heterocycles. The first kappa shape index (κ1) is 29.5. The fourth-order valence-corrected chi connectivity index (χ4v) is 6.74. The van der Waals surface area contributed by atoms with Gasteiger partial charge in [-0.2, -0.15) is 5.10 Å². The van der Waals surface area contributed by atoms with Gasteiger partial charge in [-0.05, 0) is 67.5 Å². The van der Waals surface area contributed by atoms with Gasteiger partial charge in [0.25, 0.3) is 0 Å². The highest BCUT2D eigenvalue weighted by atomic mass is 35.5. The van der Waals surface area contributed by atoms with Crippen LogP contribution in [-0.2, 0) is 17.4 Å². The van der Waals surface area contributed by atoms with Crippen LogP contribution in [0.1, 0.15) is 58.8 Å². The van der Waals surface area contributed by atoms with Crippen molar-refractivity contribution in [1.82, 2.24) is 9.78 Å². The highest BCUT2D eigenvalue weighted by molar-refractivity contribution is 6.37. The van der Waals surface area contributed by atoms with Crippen LogP contribution in [0.15, 0.2) is 60.2 Å². The molecule has 1 aromatic heterocycles. The summed E-state index contributed by atoms with van der Waals surface area (Å²) in [5, 5.41) is 26.5. The molecule has 43 heavy (non-hydrogen) atoms. The van der Waals surface area contributed by atoms with Crippen molar-refractivity contribution in [3.05, 3.63) is 97.6 Å². The number of aliphatic hydroxyl groups is 1. The minimum absolute atomic E-state index is 0.0121. The number of carboxylic acid groups (broad SMARTS) is 1. The molecule has 0 aliphatic heterocycles. The average Bonchev–Trinajstić information content (AvgIpc) is 3.74. The first-order chi connectivity index (χ1) is 20.5. The van der Waals surface area contributed by atoms with E-state index >= 15 is 0 Å². The number of halogens is 3. The number of hydrogen-bond donors (Lipinski definition) is 3. The van der Waals surface area contributed by atoms with Gasteiger partial charge >= 0.3 is 5.97 Å². The molecule has 2 fully saturated rings. The molecule has 2 aliphatic rings. The molecule has 0 radical (unpaired) electrons. The monoisotopic (exact) mass is 639 g/mol. The first-order valence-electron chi connectivity index (χ1n) is 13.8. The van der Waals surface area contributed by atoms with Gasteiger partial charge in [0.15, 0.2) is 11.5 Å². The third-order valence-corrected chi connectivity index (χ3v) is 9.29. The standard InChI is InChI=1S/C32H28Cl3N3O5/c1-38-26-11-17(7-9-20(26)29(37-38)31(40)41)18-13-32(42,14-18)22-10-8-19(12-25(22)35)43-15-21(30(39)16-5-6-16)28(36)27-23(33)3-2-4-24(27)34/h2-4,7-12,16,18,42H,5-6,13-15,36H2,1H3,(H,40,41). The maximum absolute atomic E-state index is 13.1. The molecule has 4 N–H and O–H groups in total. The maximum Gasteiger partial charge on any atom is 0.357 e. The summed E-state index contributed by atoms with van der Waals surface area (Å²) < 4.78 is 7.54. The van der Waals surface area contributed by atoms with Crippen LogP contribution < -0.4 is 10.5 Å². The van der Waals surface area contributed by atoms with E-state index in [1.54, 1.807) is 54.2 Å². The van der Waals surface area contributed by atoms with E-state index < -0.39 is 11.6 Å². The molecular formula is C32H28Cl3N3O5. The van der Waals surface area contributed by atoms with Crippen LogP contribution in [0.5, 0.6) is 5.75 Å². The van der Waals surface area contributed by atoms with Crippen LogP contribution in [0.4, 0.5) is 0 Å². The highest BCUT2D eigenvalue weighted by Crippen LogP contribution is 2.53. The van der Waals surface area contributed by atoms with E-state index in [2.05, 4.69) is 5.10 Å². The van der Waals surface area contributed by atoms with Crippen LogP contribution in [-0.4, -0.2) is 38.4 Å². The number of fused-ring (bicyclic) bond motifs is 1. The number of aryl methyl sites for hydroxylation is 1. The van der Waals surface area contributed by atoms with Crippen molar-refractivity contribution < 1.29 is 24.5 Å². The molecule has 0 spiro atoms. The zero-order valence-electron chi connectivity index (χ0n) is 23.1. The SMILES string of the molecule is Cn1nc(C(=O)O)c2ccc(C3CC(O)(c4ccc(OCC(C(=O)C5CC5)=C(N)c5c(Cl)cccc5Cl)cc4Cl)C3)cc21. The van der Waals surface area contributed by atoms with Crippen LogP contribution in [0.3, 0.4) is 0 Å². The van der Waals surface area contributed by atoms with Crippen molar-refractivity contribution in [2.75, 3.05) is 6.61 Å². The van der Waals surface area contributed by atoms with Gasteiger partial charge in [0.1, 0.15) is 12.4 Å². The summed E-state index contributed by atoms with van der Waals surface area (Å²) in [7, 11) is 1.71. The second-order valence-corrected chi connectivity index (χ2v) is 12.5. The summed E-state index contributed by atoms with van der Waals surface area (Å²) in [6.07, 6.45) is 2.48. The number of hydrogen-bond acceptors (Lipinski definition) is 6. The van der Waals surface area contributed by atoms with Gasteiger partial charge in [-0.1, -0.05) is 59.1 Å². The lowest BCUT2D eigenvalue weighted by Gasteiger charge is -2.44. The predicted octanol–water partition coefficient (Wildman–Crippen LogP) is 6.72. The van der Waals surface area contributed by atoms with Gasteiger partial charge in [-0.25, -0.2) is 4.79 Å². The third-order valence-electron chi connectivity index (χ3n) is 8.35. The molecule has 0 atom stereocenters. The minimum Gasteiger partial charge on any atom is -0.489 e. The Morgan fingerprint density at radius 2 is 1.74 bits per heavy atom. The summed E-state index contributed by atoms with van der Waals surface area (Å²) in [6, 6.07) is 15.7. The number of ketones is 1. The Morgan fingerprint density at radius 3 is 2.37 bits per heavy atom. The van der Waals surface area contributed by atoms with Crippen molar-refractivity contribution >= 4 is 63.2 Å². The van der Waals surface area contributed by atoms with Gasteiger partial charge < -0.3 is 20.7 Å². The van der Waals surface area contributed by atoms with Gasteiger partial charge in [-0.15, -0.1) is 0 Å². The average molecular weight is 641 g/mol. The zero-order chi connectivity index (χ0) is 30.6. The van der Waals surface area contributed by atoms with Gasteiger partial charge in [0.05, 0.1) is 37.5 Å². The lowest BCUT2D eigenvalue weighted by atomic mass is 9.65. The number of carbonyl (C=O) groups is 2. The van der Waals surface area contributed by atoms with Crippen molar-refractivity contribution in [2.45, 2.75) is 37.2 Å². The number of ether oxygens (including phenoxy) is 1. The molecule has 0 saturated heterocycles. The van der Waals surface area contributed by atoms with Gasteiger partial charge in [0.2, 0.25) is 0 Å². The summed E-state index contributed by atoms with van der Waals surface area (Å²) in [6.45, 7) is -0.0924. The molecule has 0 amide bonds. The molecule has 4 aromatic rings. The van der Waals surface area contributed by atoms with Crippen LogP contribution in [0.25, 0.3) is 16.6 Å². The molecule has 8 nitrogen and oxygen atoms in total. The third kappa shape index (κ3) is 5.49. The van der Waals surface area contributed by atoms with E-state index in [1.165, 1.54) is 0 Å². The molecule has 222 valence electrons. The van der Waals surface area contributed by atoms with Crippen LogP contribution in [0, 0.1) is 5.92 Å². The predicted molar refractivity (Wildman–Crippen MR) is 166 cm³/mol. The first-order valence-corrected chi connectivity index (χ1v) is 14.9. The lowest BCUT2D eigenvalue weighted by molar-refractivity contribution is -0.116. The van der Waals surface area contributed by atoms with Crippen molar-refractivity contribution in [2.24, 2.45) is 18.7 Å². The highest BCUT2D eigenvalue weighted by Gasteiger charge is 2.46. The number of carbonyl (C=O) groups excluding carboxylic acids is 1. The Bertz CT molecular complexity index is 1800. The number of aromatic nitrogens is 2. The summed E-state index contributed by atoms with van der Waals surface area (Å²) in [5.41, 5.74) is 8.51. The zero-order valence-corrected chi connectivity index (χ0v) is 25.4. The number of rotatable bonds is 9. The normalized spacial score (nSPS) is 20.4. The fourth-order valence-electron chi connectivity index (χ4n) is 5.80. The number of benzene rings is 3. The van der Waals surface area contributed by atoms with Gasteiger partial charge in [-0.3, -0.25) is 9.48 Å². The molecule has 3 aromatic carbocycles. The van der Waals surface area contributed by atoms with E-state index in [9.17, 15) is 19.8 Å². The Hall–Kier alpha value is -3.56. The Morgan fingerprint density at radius 1 is 1.05 bits per heavy atom. The lowest BCUT2D eigenvalue weighted by Crippen LogP contribution is -2.40.